The first-order valence-electron chi connectivity index (χ1n) is 8.19. The van der Waals surface area contributed by atoms with Gasteiger partial charge in [-0.15, -0.1) is 0 Å². The molecule has 2 N–H and O–H groups in total. The Morgan fingerprint density at radius 2 is 1.64 bits per heavy atom. The summed E-state index contributed by atoms with van der Waals surface area (Å²) >= 11 is 0. The van der Waals surface area contributed by atoms with Gasteiger partial charge in [0.05, 0.1) is 0 Å². The highest BCUT2D eigenvalue weighted by atomic mass is 15.2. The molecule has 0 atom stereocenters. The van der Waals surface area contributed by atoms with Crippen molar-refractivity contribution in [2.75, 3.05) is 20.1 Å². The number of benzene rings is 1. The van der Waals surface area contributed by atoms with Crippen LogP contribution in [0.5, 0.6) is 0 Å². The SMILES string of the molecule is CN=C(NCCN(C(C)C)C(C)C)NCc1ccc(C)cc1. The lowest BCUT2D eigenvalue weighted by atomic mass is 10.1. The van der Waals surface area contributed by atoms with Crippen molar-refractivity contribution in [1.29, 1.82) is 0 Å². The lowest BCUT2D eigenvalue weighted by molar-refractivity contribution is 0.178. The Kier molecular flexibility index (Phi) is 7.96. The maximum Gasteiger partial charge on any atom is 0.191 e. The van der Waals surface area contributed by atoms with Crippen molar-refractivity contribution in [3.8, 4) is 0 Å². The summed E-state index contributed by atoms with van der Waals surface area (Å²) < 4.78 is 0. The zero-order valence-electron chi connectivity index (χ0n) is 15.0. The van der Waals surface area contributed by atoms with Gasteiger partial charge in [0, 0.05) is 38.8 Å². The molecule has 0 amide bonds. The molecule has 0 aromatic heterocycles. The molecular weight excluding hydrogens is 272 g/mol. The maximum atomic E-state index is 4.28. The number of nitrogens with one attached hydrogen (secondary N) is 2. The van der Waals surface area contributed by atoms with Gasteiger partial charge in [0.1, 0.15) is 0 Å². The fourth-order valence-corrected chi connectivity index (χ4v) is 2.53. The summed E-state index contributed by atoms with van der Waals surface area (Å²) in [5.41, 5.74) is 2.55. The predicted octanol–water partition coefficient (Wildman–Crippen LogP) is 2.78. The van der Waals surface area contributed by atoms with E-state index in [9.17, 15) is 0 Å². The smallest absolute Gasteiger partial charge is 0.191 e. The standard InChI is InChI=1S/C18H32N4/c1-14(2)22(15(3)4)12-11-20-18(19-6)21-13-17-9-7-16(5)8-10-17/h7-10,14-15H,11-13H2,1-6H3,(H2,19,20,21). The number of hydrogen-bond acceptors (Lipinski definition) is 2. The van der Waals surface area contributed by atoms with Crippen molar-refractivity contribution < 1.29 is 0 Å². The van der Waals surface area contributed by atoms with Gasteiger partial charge < -0.3 is 10.6 Å². The van der Waals surface area contributed by atoms with Crippen LogP contribution in [0.15, 0.2) is 29.3 Å². The third-order valence-corrected chi connectivity index (χ3v) is 3.79. The Morgan fingerprint density at radius 3 is 2.14 bits per heavy atom. The van der Waals surface area contributed by atoms with Crippen LogP contribution in [-0.4, -0.2) is 43.1 Å². The lowest BCUT2D eigenvalue weighted by Crippen LogP contribution is -2.45. The second-order valence-electron chi connectivity index (χ2n) is 6.26. The summed E-state index contributed by atoms with van der Waals surface area (Å²) in [4.78, 5) is 6.76. The third kappa shape index (κ3) is 6.48. The highest BCUT2D eigenvalue weighted by Gasteiger charge is 2.12. The largest absolute Gasteiger partial charge is 0.355 e. The van der Waals surface area contributed by atoms with E-state index in [1.807, 2.05) is 7.05 Å². The maximum absolute atomic E-state index is 4.28. The molecule has 0 saturated heterocycles. The molecule has 1 aromatic rings. The summed E-state index contributed by atoms with van der Waals surface area (Å²) in [5, 5.41) is 6.75. The molecular formula is C18H32N4. The van der Waals surface area contributed by atoms with Crippen molar-refractivity contribution in [1.82, 2.24) is 15.5 Å². The number of hydrogen-bond donors (Lipinski definition) is 2. The van der Waals surface area contributed by atoms with E-state index in [1.54, 1.807) is 0 Å². The van der Waals surface area contributed by atoms with Gasteiger partial charge in [-0.05, 0) is 40.2 Å². The van der Waals surface area contributed by atoms with Crippen LogP contribution in [0.2, 0.25) is 0 Å². The normalized spacial score (nSPS) is 12.3. The zero-order chi connectivity index (χ0) is 16.5. The Balaban J connectivity index is 2.38. The van der Waals surface area contributed by atoms with Gasteiger partial charge >= 0.3 is 0 Å². The van der Waals surface area contributed by atoms with Crippen LogP contribution < -0.4 is 10.6 Å². The van der Waals surface area contributed by atoms with E-state index in [1.165, 1.54) is 11.1 Å². The van der Waals surface area contributed by atoms with E-state index < -0.39 is 0 Å². The third-order valence-electron chi connectivity index (χ3n) is 3.79. The van der Waals surface area contributed by atoms with E-state index in [0.717, 1.165) is 25.6 Å². The summed E-state index contributed by atoms with van der Waals surface area (Å²) in [6.45, 7) is 13.8. The van der Waals surface area contributed by atoms with Crippen LogP contribution in [-0.2, 0) is 6.54 Å². The monoisotopic (exact) mass is 304 g/mol. The average Bonchev–Trinajstić information content (AvgIpc) is 2.47. The Hall–Kier alpha value is -1.55. The molecule has 0 unspecified atom stereocenters. The molecule has 0 radical (unpaired) electrons. The fraction of sp³-hybridized carbons (Fsp3) is 0.611. The highest BCUT2D eigenvalue weighted by Crippen LogP contribution is 2.04. The summed E-state index contributed by atoms with van der Waals surface area (Å²) in [6.07, 6.45) is 0. The van der Waals surface area contributed by atoms with Crippen LogP contribution in [0.1, 0.15) is 38.8 Å². The van der Waals surface area contributed by atoms with E-state index in [-0.39, 0.29) is 0 Å². The first-order chi connectivity index (χ1) is 10.4. The van der Waals surface area contributed by atoms with Crippen LogP contribution in [0.4, 0.5) is 0 Å². The number of aryl methyl sites for hydroxylation is 1. The number of rotatable bonds is 7. The molecule has 0 aliphatic heterocycles. The van der Waals surface area contributed by atoms with Gasteiger partial charge in [0.25, 0.3) is 0 Å². The summed E-state index contributed by atoms with van der Waals surface area (Å²) in [6, 6.07) is 9.69. The Bertz CT molecular complexity index is 441. The molecule has 0 bridgehead atoms. The molecule has 0 saturated carbocycles. The minimum atomic E-state index is 0.560. The van der Waals surface area contributed by atoms with Crippen LogP contribution in [0.3, 0.4) is 0 Å². The van der Waals surface area contributed by atoms with Crippen LogP contribution in [0.25, 0.3) is 0 Å². The fourth-order valence-electron chi connectivity index (χ4n) is 2.53. The van der Waals surface area contributed by atoms with Gasteiger partial charge in [0.2, 0.25) is 0 Å². The van der Waals surface area contributed by atoms with E-state index >= 15 is 0 Å². The molecule has 0 heterocycles. The van der Waals surface area contributed by atoms with Gasteiger partial charge in [-0.3, -0.25) is 9.89 Å². The van der Waals surface area contributed by atoms with Gasteiger partial charge in [0.15, 0.2) is 5.96 Å². The van der Waals surface area contributed by atoms with Crippen molar-refractivity contribution >= 4 is 5.96 Å². The van der Waals surface area contributed by atoms with Crippen molar-refractivity contribution in [2.24, 2.45) is 4.99 Å². The quantitative estimate of drug-likeness (QED) is 0.601. The van der Waals surface area contributed by atoms with Crippen LogP contribution >= 0.6 is 0 Å². The Morgan fingerprint density at radius 1 is 1.05 bits per heavy atom. The van der Waals surface area contributed by atoms with E-state index in [0.29, 0.717) is 12.1 Å². The van der Waals surface area contributed by atoms with E-state index in [2.05, 4.69) is 79.4 Å². The lowest BCUT2D eigenvalue weighted by Gasteiger charge is -2.30. The van der Waals surface area contributed by atoms with Crippen LogP contribution in [0, 0.1) is 6.92 Å². The minimum Gasteiger partial charge on any atom is -0.355 e. The number of aliphatic imine (C=N–C) groups is 1. The van der Waals surface area contributed by atoms with E-state index in [4.69, 9.17) is 0 Å². The highest BCUT2D eigenvalue weighted by molar-refractivity contribution is 5.79. The predicted molar refractivity (Wildman–Crippen MR) is 96.4 cm³/mol. The Labute approximate surface area is 136 Å². The topological polar surface area (TPSA) is 39.7 Å². The molecule has 1 aromatic carbocycles. The molecule has 1 rings (SSSR count). The molecule has 4 heteroatoms. The minimum absolute atomic E-state index is 0.560. The molecule has 0 spiro atoms. The molecule has 0 fully saturated rings. The van der Waals surface area contributed by atoms with Gasteiger partial charge in [-0.1, -0.05) is 29.8 Å². The van der Waals surface area contributed by atoms with Gasteiger partial charge in [-0.2, -0.15) is 0 Å². The first kappa shape index (κ1) is 18.5. The number of guanidine groups is 1. The van der Waals surface area contributed by atoms with Crippen molar-refractivity contribution in [3.05, 3.63) is 35.4 Å². The molecule has 0 aliphatic rings. The second-order valence-corrected chi connectivity index (χ2v) is 6.26. The van der Waals surface area contributed by atoms with Crippen molar-refractivity contribution in [2.45, 2.75) is 53.2 Å². The second kappa shape index (κ2) is 9.46. The van der Waals surface area contributed by atoms with Crippen molar-refractivity contribution in [3.63, 3.8) is 0 Å². The summed E-state index contributed by atoms with van der Waals surface area (Å²) in [5.74, 6) is 0.855. The first-order valence-corrected chi connectivity index (χ1v) is 8.19. The average molecular weight is 304 g/mol. The molecule has 22 heavy (non-hydrogen) atoms. The molecule has 0 aliphatic carbocycles. The molecule has 124 valence electrons. The summed E-state index contributed by atoms with van der Waals surface area (Å²) in [7, 11) is 1.81. The van der Waals surface area contributed by atoms with Gasteiger partial charge in [-0.25, -0.2) is 0 Å². The zero-order valence-corrected chi connectivity index (χ0v) is 15.0. The molecule has 4 nitrogen and oxygen atoms in total. The number of nitrogens with zero attached hydrogens (tertiary/aromatic N) is 2.